The first-order valence-corrected chi connectivity index (χ1v) is 8.68. The van der Waals surface area contributed by atoms with Gasteiger partial charge in [0.2, 0.25) is 0 Å². The summed E-state index contributed by atoms with van der Waals surface area (Å²) in [6, 6.07) is -0.120. The van der Waals surface area contributed by atoms with E-state index < -0.39 is 10.2 Å². The molecule has 0 spiro atoms. The zero-order valence-electron chi connectivity index (χ0n) is 11.7. The number of rotatable bonds is 4. The Morgan fingerprint density at radius 3 is 2.26 bits per heavy atom. The third kappa shape index (κ3) is 3.55. The van der Waals surface area contributed by atoms with Gasteiger partial charge in [0.1, 0.15) is 5.78 Å². The van der Waals surface area contributed by atoms with Crippen LogP contribution in [0.1, 0.15) is 51.9 Å². The van der Waals surface area contributed by atoms with Gasteiger partial charge >= 0.3 is 0 Å². The van der Waals surface area contributed by atoms with E-state index in [0.29, 0.717) is 26.1 Å². The van der Waals surface area contributed by atoms with Crippen molar-refractivity contribution in [3.63, 3.8) is 0 Å². The molecular formula is C13H24N2O3S. The van der Waals surface area contributed by atoms with E-state index >= 15 is 0 Å². The van der Waals surface area contributed by atoms with Gasteiger partial charge in [-0.25, -0.2) is 0 Å². The van der Waals surface area contributed by atoms with Crippen LogP contribution in [0.15, 0.2) is 0 Å². The number of Topliss-reactive ketones (excluding diaryl/α,β-unsaturated/α-hetero) is 1. The van der Waals surface area contributed by atoms with Crippen LogP contribution in [0.2, 0.25) is 0 Å². The molecule has 2 rings (SSSR count). The minimum absolute atomic E-state index is 0.0722. The lowest BCUT2D eigenvalue weighted by Gasteiger charge is -2.30. The zero-order chi connectivity index (χ0) is 13.9. The summed E-state index contributed by atoms with van der Waals surface area (Å²) in [5.41, 5.74) is 0. The summed E-state index contributed by atoms with van der Waals surface area (Å²) in [7, 11) is -3.37. The second-order valence-electron chi connectivity index (χ2n) is 5.63. The van der Waals surface area contributed by atoms with Crippen LogP contribution in [0, 0.1) is 0 Å². The molecule has 2 saturated heterocycles. The molecule has 0 amide bonds. The zero-order valence-corrected chi connectivity index (χ0v) is 12.5. The van der Waals surface area contributed by atoms with Crippen LogP contribution in [-0.2, 0) is 15.0 Å². The number of carbonyl (C=O) groups is 1. The summed E-state index contributed by atoms with van der Waals surface area (Å²) in [5, 5.41) is 0. The van der Waals surface area contributed by atoms with E-state index in [1.807, 2.05) is 0 Å². The summed E-state index contributed by atoms with van der Waals surface area (Å²) in [5.74, 6) is 0.0722. The summed E-state index contributed by atoms with van der Waals surface area (Å²) in [6.45, 7) is 3.36. The maximum Gasteiger partial charge on any atom is 0.282 e. The van der Waals surface area contributed by atoms with Gasteiger partial charge in [0, 0.05) is 32.1 Å². The highest BCUT2D eigenvalue weighted by Crippen LogP contribution is 2.27. The van der Waals surface area contributed by atoms with Crippen molar-refractivity contribution in [1.82, 2.24) is 8.61 Å². The van der Waals surface area contributed by atoms with Crippen molar-refractivity contribution in [3.8, 4) is 0 Å². The molecule has 19 heavy (non-hydrogen) atoms. The first-order valence-electron chi connectivity index (χ1n) is 7.28. The number of carbonyl (C=O) groups excluding carboxylic acids is 1. The quantitative estimate of drug-likeness (QED) is 0.788. The Hall–Kier alpha value is -0.460. The van der Waals surface area contributed by atoms with E-state index in [9.17, 15) is 13.2 Å². The van der Waals surface area contributed by atoms with Gasteiger partial charge in [0.15, 0.2) is 0 Å². The summed E-state index contributed by atoms with van der Waals surface area (Å²) >= 11 is 0. The van der Waals surface area contributed by atoms with Gasteiger partial charge < -0.3 is 0 Å². The molecule has 0 bridgehead atoms. The monoisotopic (exact) mass is 288 g/mol. The van der Waals surface area contributed by atoms with Crippen LogP contribution in [0.5, 0.6) is 0 Å². The molecule has 6 heteroatoms. The Kier molecular flexibility index (Phi) is 4.97. The topological polar surface area (TPSA) is 57.7 Å². The van der Waals surface area contributed by atoms with E-state index in [1.165, 1.54) is 6.92 Å². The fourth-order valence-electron chi connectivity index (χ4n) is 3.07. The van der Waals surface area contributed by atoms with Crippen LogP contribution < -0.4 is 0 Å². The molecule has 1 unspecified atom stereocenters. The first-order chi connectivity index (χ1) is 9.01. The summed E-state index contributed by atoms with van der Waals surface area (Å²) in [6.07, 6.45) is 6.16. The molecule has 5 nitrogen and oxygen atoms in total. The SMILES string of the molecule is CC(=O)CC1CCCN1S(=O)(=O)N1CCCCCC1. The lowest BCUT2D eigenvalue weighted by atomic mass is 10.1. The largest absolute Gasteiger partial charge is 0.300 e. The van der Waals surface area contributed by atoms with Crippen molar-refractivity contribution in [2.45, 2.75) is 57.9 Å². The molecule has 0 aliphatic carbocycles. The van der Waals surface area contributed by atoms with Crippen molar-refractivity contribution >= 4 is 16.0 Å². The van der Waals surface area contributed by atoms with Gasteiger partial charge in [-0.3, -0.25) is 4.79 Å². The molecule has 0 radical (unpaired) electrons. The maximum atomic E-state index is 12.7. The summed E-state index contributed by atoms with van der Waals surface area (Å²) in [4.78, 5) is 11.3. The number of ketones is 1. The average Bonchev–Trinajstić information content (AvgIpc) is 2.64. The van der Waals surface area contributed by atoms with Crippen LogP contribution in [-0.4, -0.2) is 48.5 Å². The van der Waals surface area contributed by atoms with E-state index in [0.717, 1.165) is 38.5 Å². The van der Waals surface area contributed by atoms with Gasteiger partial charge in [0.05, 0.1) is 0 Å². The van der Waals surface area contributed by atoms with Crippen LogP contribution in [0.4, 0.5) is 0 Å². The standard InChI is InChI=1S/C13H24N2O3S/c1-12(16)11-13-7-6-10-15(13)19(17,18)14-8-4-2-3-5-9-14/h13H,2-11H2,1H3. The van der Waals surface area contributed by atoms with Crippen molar-refractivity contribution in [3.05, 3.63) is 0 Å². The van der Waals surface area contributed by atoms with Crippen molar-refractivity contribution in [1.29, 1.82) is 0 Å². The van der Waals surface area contributed by atoms with Crippen molar-refractivity contribution in [2.24, 2.45) is 0 Å². The first kappa shape index (κ1) is 14.9. The Morgan fingerprint density at radius 1 is 1.05 bits per heavy atom. The molecule has 1 atom stereocenters. The molecule has 2 aliphatic heterocycles. The Labute approximate surface area is 116 Å². The van der Waals surface area contributed by atoms with Crippen molar-refractivity contribution < 1.29 is 13.2 Å². The Bertz CT molecular complexity index is 414. The second-order valence-corrected chi connectivity index (χ2v) is 7.52. The average molecular weight is 288 g/mol. The van der Waals surface area contributed by atoms with Gasteiger partial charge in [-0.1, -0.05) is 12.8 Å². The smallest absolute Gasteiger partial charge is 0.282 e. The number of nitrogens with zero attached hydrogens (tertiary/aromatic N) is 2. The van der Waals surface area contributed by atoms with Crippen LogP contribution in [0.3, 0.4) is 0 Å². The maximum absolute atomic E-state index is 12.7. The van der Waals surface area contributed by atoms with E-state index in [-0.39, 0.29) is 11.8 Å². The fraction of sp³-hybridized carbons (Fsp3) is 0.923. The second kappa shape index (κ2) is 6.33. The lowest BCUT2D eigenvalue weighted by molar-refractivity contribution is -0.117. The van der Waals surface area contributed by atoms with Gasteiger partial charge in [-0.05, 0) is 32.6 Å². The van der Waals surface area contributed by atoms with E-state index in [2.05, 4.69) is 0 Å². The van der Waals surface area contributed by atoms with E-state index in [4.69, 9.17) is 0 Å². The highest BCUT2D eigenvalue weighted by Gasteiger charge is 2.38. The molecular weight excluding hydrogens is 264 g/mol. The van der Waals surface area contributed by atoms with Crippen molar-refractivity contribution in [2.75, 3.05) is 19.6 Å². The molecule has 110 valence electrons. The minimum atomic E-state index is -3.37. The Balaban J connectivity index is 2.10. The molecule has 0 saturated carbocycles. The number of hydrogen-bond acceptors (Lipinski definition) is 3. The van der Waals surface area contributed by atoms with Gasteiger partial charge in [-0.15, -0.1) is 0 Å². The predicted octanol–water partition coefficient (Wildman–Crippen LogP) is 1.55. The number of hydrogen-bond donors (Lipinski definition) is 0. The molecule has 0 aromatic carbocycles. The molecule has 2 heterocycles. The van der Waals surface area contributed by atoms with Gasteiger partial charge in [-0.2, -0.15) is 17.0 Å². The predicted molar refractivity (Wildman–Crippen MR) is 74.0 cm³/mol. The highest BCUT2D eigenvalue weighted by atomic mass is 32.2. The third-order valence-corrected chi connectivity index (χ3v) is 6.13. The van der Waals surface area contributed by atoms with Crippen LogP contribution >= 0.6 is 0 Å². The molecule has 2 fully saturated rings. The summed E-state index contributed by atoms with van der Waals surface area (Å²) < 4.78 is 28.5. The molecule has 0 aromatic rings. The molecule has 2 aliphatic rings. The third-order valence-electron chi connectivity index (χ3n) is 4.03. The lowest BCUT2D eigenvalue weighted by Crippen LogP contribution is -2.46. The highest BCUT2D eigenvalue weighted by molar-refractivity contribution is 7.86. The Morgan fingerprint density at radius 2 is 1.68 bits per heavy atom. The normalized spacial score (nSPS) is 27.3. The molecule has 0 N–H and O–H groups in total. The van der Waals surface area contributed by atoms with Gasteiger partial charge in [0.25, 0.3) is 10.2 Å². The minimum Gasteiger partial charge on any atom is -0.300 e. The molecule has 0 aromatic heterocycles. The van der Waals surface area contributed by atoms with E-state index in [1.54, 1.807) is 8.61 Å². The van der Waals surface area contributed by atoms with Crippen LogP contribution in [0.25, 0.3) is 0 Å². The fourth-order valence-corrected chi connectivity index (χ4v) is 5.00.